The second kappa shape index (κ2) is 8.02. The Morgan fingerprint density at radius 1 is 1.12 bits per heavy atom. The molecule has 3 heteroatoms. The molecule has 0 aliphatic carbocycles. The molecule has 17 heavy (non-hydrogen) atoms. The van der Waals surface area contributed by atoms with E-state index in [2.05, 4.69) is 36.1 Å². The largest absolute Gasteiger partial charge is 0.303 e. The highest BCUT2D eigenvalue weighted by Gasteiger charge is 2.09. The van der Waals surface area contributed by atoms with Gasteiger partial charge in [-0.1, -0.05) is 24.6 Å². The lowest BCUT2D eigenvalue weighted by molar-refractivity contribution is 0.242. The minimum Gasteiger partial charge on any atom is -0.303 e. The number of likely N-dealkylation sites (tertiary alicyclic amines) is 1. The molecule has 1 fully saturated rings. The van der Waals surface area contributed by atoms with Crippen LogP contribution in [0.4, 0.5) is 0 Å². The van der Waals surface area contributed by atoms with Crippen LogP contribution in [0, 0.1) is 6.92 Å². The maximum Gasteiger partial charge on any atom is 0.0108 e. The van der Waals surface area contributed by atoms with Gasteiger partial charge in [0.1, 0.15) is 0 Å². The molecular formula is C14H22ClNS. The van der Waals surface area contributed by atoms with Gasteiger partial charge < -0.3 is 4.90 Å². The predicted octanol–water partition coefficient (Wildman–Crippen LogP) is 3.99. The van der Waals surface area contributed by atoms with E-state index in [9.17, 15) is 0 Å². The van der Waals surface area contributed by atoms with Crippen LogP contribution in [0.25, 0.3) is 0 Å². The van der Waals surface area contributed by atoms with Crippen molar-refractivity contribution in [1.29, 1.82) is 0 Å². The molecule has 0 spiro atoms. The zero-order chi connectivity index (χ0) is 11.2. The van der Waals surface area contributed by atoms with Crippen molar-refractivity contribution in [2.45, 2.75) is 31.1 Å². The van der Waals surface area contributed by atoms with E-state index in [0.29, 0.717) is 0 Å². The Labute approximate surface area is 115 Å². The van der Waals surface area contributed by atoms with Crippen LogP contribution in [0.5, 0.6) is 0 Å². The number of benzene rings is 1. The van der Waals surface area contributed by atoms with E-state index in [1.54, 1.807) is 0 Å². The Morgan fingerprint density at radius 2 is 1.82 bits per heavy atom. The number of nitrogens with zero attached hydrogens (tertiary/aromatic N) is 1. The summed E-state index contributed by atoms with van der Waals surface area (Å²) in [4.78, 5) is 4.05. The molecule has 0 N–H and O–H groups in total. The molecule has 2 rings (SSSR count). The van der Waals surface area contributed by atoms with Crippen LogP contribution in [-0.4, -0.2) is 30.3 Å². The first-order valence-corrected chi connectivity index (χ1v) is 7.25. The number of hydrogen-bond acceptors (Lipinski definition) is 2. The fraction of sp³-hybridized carbons (Fsp3) is 0.571. The SMILES string of the molecule is Cc1ccccc1SCCN1CCCCC1.Cl. The Balaban J connectivity index is 0.00000144. The second-order valence-electron chi connectivity index (χ2n) is 4.52. The summed E-state index contributed by atoms with van der Waals surface area (Å²) in [5.41, 5.74) is 1.41. The Morgan fingerprint density at radius 3 is 2.53 bits per heavy atom. The average molecular weight is 272 g/mol. The summed E-state index contributed by atoms with van der Waals surface area (Å²) in [6, 6.07) is 8.68. The van der Waals surface area contributed by atoms with Gasteiger partial charge in [-0.15, -0.1) is 24.2 Å². The fourth-order valence-corrected chi connectivity index (χ4v) is 3.23. The molecular weight excluding hydrogens is 250 g/mol. The molecule has 0 amide bonds. The van der Waals surface area contributed by atoms with Gasteiger partial charge in [-0.2, -0.15) is 0 Å². The third-order valence-electron chi connectivity index (χ3n) is 3.21. The summed E-state index contributed by atoms with van der Waals surface area (Å²) in [6.07, 6.45) is 4.23. The van der Waals surface area contributed by atoms with Crippen molar-refractivity contribution in [3.05, 3.63) is 29.8 Å². The van der Waals surface area contributed by atoms with Crippen molar-refractivity contribution in [3.8, 4) is 0 Å². The molecule has 1 saturated heterocycles. The van der Waals surface area contributed by atoms with E-state index in [-0.39, 0.29) is 12.4 Å². The summed E-state index contributed by atoms with van der Waals surface area (Å²) in [7, 11) is 0. The Hall–Kier alpha value is -0.180. The van der Waals surface area contributed by atoms with Crippen LogP contribution in [0.1, 0.15) is 24.8 Å². The number of halogens is 1. The molecule has 1 heterocycles. The maximum atomic E-state index is 2.61. The topological polar surface area (TPSA) is 3.24 Å². The molecule has 1 aliphatic heterocycles. The molecule has 0 radical (unpaired) electrons. The number of aryl methyl sites for hydroxylation is 1. The third-order valence-corrected chi connectivity index (χ3v) is 4.36. The third kappa shape index (κ3) is 4.90. The Kier molecular flexibility index (Phi) is 7.02. The molecule has 0 bridgehead atoms. The first-order chi connectivity index (χ1) is 7.86. The van der Waals surface area contributed by atoms with Gasteiger partial charge in [0.15, 0.2) is 0 Å². The summed E-state index contributed by atoms with van der Waals surface area (Å²) in [5.74, 6) is 1.23. The minimum absolute atomic E-state index is 0. The van der Waals surface area contributed by atoms with Crippen LogP contribution < -0.4 is 0 Å². The van der Waals surface area contributed by atoms with Gasteiger partial charge in [0, 0.05) is 17.2 Å². The van der Waals surface area contributed by atoms with E-state index in [1.807, 2.05) is 11.8 Å². The summed E-state index contributed by atoms with van der Waals surface area (Å²) >= 11 is 2.00. The highest BCUT2D eigenvalue weighted by molar-refractivity contribution is 7.99. The smallest absolute Gasteiger partial charge is 0.0108 e. The molecule has 0 saturated carbocycles. The molecule has 1 aliphatic rings. The molecule has 1 aromatic carbocycles. The van der Waals surface area contributed by atoms with Crippen LogP contribution in [0.2, 0.25) is 0 Å². The van der Waals surface area contributed by atoms with Crippen molar-refractivity contribution >= 4 is 24.2 Å². The van der Waals surface area contributed by atoms with Gasteiger partial charge in [0.2, 0.25) is 0 Å². The van der Waals surface area contributed by atoms with Crippen LogP contribution >= 0.6 is 24.2 Å². The van der Waals surface area contributed by atoms with E-state index < -0.39 is 0 Å². The van der Waals surface area contributed by atoms with Crippen molar-refractivity contribution in [2.75, 3.05) is 25.4 Å². The van der Waals surface area contributed by atoms with Gasteiger partial charge in [0.25, 0.3) is 0 Å². The highest BCUT2D eigenvalue weighted by Crippen LogP contribution is 2.22. The first kappa shape index (κ1) is 14.9. The van der Waals surface area contributed by atoms with Crippen LogP contribution in [0.15, 0.2) is 29.2 Å². The number of piperidine rings is 1. The van der Waals surface area contributed by atoms with E-state index in [0.717, 1.165) is 0 Å². The van der Waals surface area contributed by atoms with Crippen molar-refractivity contribution in [1.82, 2.24) is 4.90 Å². The molecule has 0 unspecified atom stereocenters. The summed E-state index contributed by atoms with van der Waals surface area (Å²) in [5, 5.41) is 0. The van der Waals surface area contributed by atoms with E-state index >= 15 is 0 Å². The van der Waals surface area contributed by atoms with Crippen LogP contribution in [0.3, 0.4) is 0 Å². The quantitative estimate of drug-likeness (QED) is 0.762. The van der Waals surface area contributed by atoms with Gasteiger partial charge in [-0.3, -0.25) is 0 Å². The van der Waals surface area contributed by atoms with E-state index in [1.165, 1.54) is 55.1 Å². The van der Waals surface area contributed by atoms with Gasteiger partial charge in [-0.05, 0) is 44.5 Å². The van der Waals surface area contributed by atoms with Crippen molar-refractivity contribution in [2.24, 2.45) is 0 Å². The number of thioether (sulfide) groups is 1. The monoisotopic (exact) mass is 271 g/mol. The summed E-state index contributed by atoms with van der Waals surface area (Å²) < 4.78 is 0. The van der Waals surface area contributed by atoms with Crippen molar-refractivity contribution < 1.29 is 0 Å². The van der Waals surface area contributed by atoms with E-state index in [4.69, 9.17) is 0 Å². The lowest BCUT2D eigenvalue weighted by Crippen LogP contribution is -2.31. The zero-order valence-electron chi connectivity index (χ0n) is 10.5. The fourth-order valence-electron chi connectivity index (χ4n) is 2.19. The summed E-state index contributed by atoms with van der Waals surface area (Å²) in [6.45, 7) is 6.07. The zero-order valence-corrected chi connectivity index (χ0v) is 12.2. The normalized spacial score (nSPS) is 16.5. The molecule has 0 aromatic heterocycles. The maximum absolute atomic E-state index is 2.61. The second-order valence-corrected chi connectivity index (χ2v) is 5.65. The molecule has 1 aromatic rings. The highest BCUT2D eigenvalue weighted by atomic mass is 35.5. The lowest BCUT2D eigenvalue weighted by Gasteiger charge is -2.26. The Bertz CT molecular complexity index is 324. The van der Waals surface area contributed by atoms with Crippen LogP contribution in [-0.2, 0) is 0 Å². The standard InChI is InChI=1S/C14H21NS.ClH/c1-13-7-3-4-8-14(13)16-12-11-15-9-5-2-6-10-15;/h3-4,7-8H,2,5-6,9-12H2,1H3;1H. The first-order valence-electron chi connectivity index (χ1n) is 6.27. The van der Waals surface area contributed by atoms with Gasteiger partial charge in [-0.25, -0.2) is 0 Å². The van der Waals surface area contributed by atoms with Gasteiger partial charge in [0.05, 0.1) is 0 Å². The number of rotatable bonds is 4. The number of hydrogen-bond donors (Lipinski definition) is 0. The van der Waals surface area contributed by atoms with Gasteiger partial charge >= 0.3 is 0 Å². The van der Waals surface area contributed by atoms with Crippen molar-refractivity contribution in [3.63, 3.8) is 0 Å². The molecule has 1 nitrogen and oxygen atoms in total. The lowest BCUT2D eigenvalue weighted by atomic mass is 10.1. The predicted molar refractivity (Wildman–Crippen MR) is 79.4 cm³/mol. The average Bonchev–Trinajstić information content (AvgIpc) is 2.33. The molecule has 96 valence electrons. The minimum atomic E-state index is 0. The molecule has 0 atom stereocenters.